The van der Waals surface area contributed by atoms with Crippen LogP contribution in [0.4, 0.5) is 5.69 Å². The van der Waals surface area contributed by atoms with Crippen LogP contribution in [0.5, 0.6) is 5.75 Å². The van der Waals surface area contributed by atoms with Crippen LogP contribution in [-0.4, -0.2) is 37.4 Å². The Labute approximate surface area is 140 Å². The van der Waals surface area contributed by atoms with Gasteiger partial charge in [-0.3, -0.25) is 9.59 Å². The molecule has 2 aromatic rings. The molecule has 0 atom stereocenters. The first-order chi connectivity index (χ1) is 11.5. The highest BCUT2D eigenvalue weighted by Crippen LogP contribution is 2.15. The van der Waals surface area contributed by atoms with Gasteiger partial charge in [0.05, 0.1) is 13.7 Å². The second-order valence-corrected chi connectivity index (χ2v) is 5.25. The maximum absolute atomic E-state index is 12.0. The summed E-state index contributed by atoms with van der Waals surface area (Å²) in [4.78, 5) is 25.3. The lowest BCUT2D eigenvalue weighted by Crippen LogP contribution is -2.33. The van der Waals surface area contributed by atoms with Gasteiger partial charge in [0.15, 0.2) is 0 Å². The zero-order chi connectivity index (χ0) is 17.5. The third-order valence-electron chi connectivity index (χ3n) is 3.28. The minimum absolute atomic E-state index is 0.0492. The highest BCUT2D eigenvalue weighted by molar-refractivity contribution is 5.97. The van der Waals surface area contributed by atoms with Crippen LogP contribution in [0.25, 0.3) is 6.08 Å². The Morgan fingerprint density at radius 2 is 1.92 bits per heavy atom. The van der Waals surface area contributed by atoms with Crippen LogP contribution in [0.2, 0.25) is 0 Å². The third kappa shape index (κ3) is 5.01. The second kappa shape index (κ2) is 8.01. The van der Waals surface area contributed by atoms with Gasteiger partial charge in [0.2, 0.25) is 11.8 Å². The number of hydrogen-bond donors (Lipinski definition) is 1. The predicted octanol–water partition coefficient (Wildman–Crippen LogP) is 2.71. The average molecular weight is 328 g/mol. The number of anilines is 1. The molecule has 24 heavy (non-hydrogen) atoms. The van der Waals surface area contributed by atoms with Gasteiger partial charge in [0.25, 0.3) is 0 Å². The van der Waals surface area contributed by atoms with Gasteiger partial charge in [0.1, 0.15) is 17.3 Å². The van der Waals surface area contributed by atoms with Crippen molar-refractivity contribution in [1.29, 1.82) is 0 Å². The van der Waals surface area contributed by atoms with Crippen LogP contribution in [-0.2, 0) is 9.59 Å². The molecule has 0 spiro atoms. The fourth-order valence-electron chi connectivity index (χ4n) is 1.99. The van der Waals surface area contributed by atoms with E-state index in [0.29, 0.717) is 17.2 Å². The fourth-order valence-corrected chi connectivity index (χ4v) is 1.99. The Hall–Kier alpha value is -3.02. The summed E-state index contributed by atoms with van der Waals surface area (Å²) in [6, 6.07) is 10.6. The van der Waals surface area contributed by atoms with Crippen LogP contribution in [0.3, 0.4) is 0 Å². The van der Waals surface area contributed by atoms with E-state index in [1.807, 2.05) is 13.0 Å². The minimum atomic E-state index is -0.283. The van der Waals surface area contributed by atoms with Gasteiger partial charge in [-0.15, -0.1) is 0 Å². The Balaban J connectivity index is 1.85. The number of amides is 2. The number of nitrogens with one attached hydrogen (secondary N) is 1. The first-order valence-corrected chi connectivity index (χ1v) is 7.41. The molecule has 0 radical (unpaired) electrons. The number of ether oxygens (including phenoxy) is 1. The molecule has 1 aromatic carbocycles. The lowest BCUT2D eigenvalue weighted by Gasteiger charge is -2.14. The van der Waals surface area contributed by atoms with E-state index in [0.717, 1.165) is 5.76 Å². The number of benzene rings is 1. The number of likely N-dealkylation sites (N-methyl/N-ethyl adjacent to an activating group) is 1. The summed E-state index contributed by atoms with van der Waals surface area (Å²) < 4.78 is 10.4. The summed E-state index contributed by atoms with van der Waals surface area (Å²) >= 11 is 0. The molecule has 0 aliphatic rings. The summed E-state index contributed by atoms with van der Waals surface area (Å²) in [5.41, 5.74) is 0.642. The van der Waals surface area contributed by atoms with E-state index in [-0.39, 0.29) is 18.4 Å². The molecule has 126 valence electrons. The van der Waals surface area contributed by atoms with Crippen molar-refractivity contribution < 1.29 is 18.7 Å². The number of nitrogens with zero attached hydrogens (tertiary/aromatic N) is 1. The summed E-state index contributed by atoms with van der Waals surface area (Å²) in [5.74, 6) is 1.51. The van der Waals surface area contributed by atoms with E-state index in [4.69, 9.17) is 9.15 Å². The maximum Gasteiger partial charge on any atom is 0.246 e. The van der Waals surface area contributed by atoms with Gasteiger partial charge >= 0.3 is 0 Å². The highest BCUT2D eigenvalue weighted by Gasteiger charge is 2.11. The van der Waals surface area contributed by atoms with Gasteiger partial charge in [-0.2, -0.15) is 0 Å². The molecule has 0 bridgehead atoms. The Morgan fingerprint density at radius 1 is 1.21 bits per heavy atom. The Morgan fingerprint density at radius 3 is 2.50 bits per heavy atom. The SMILES string of the molecule is COc1ccc(NC(=O)CN(C)C(=O)/C=C/c2ccc(C)o2)cc1. The molecule has 0 saturated carbocycles. The molecule has 0 aliphatic carbocycles. The van der Waals surface area contributed by atoms with Crippen LogP contribution in [0, 0.1) is 6.92 Å². The van der Waals surface area contributed by atoms with Crippen LogP contribution in [0.1, 0.15) is 11.5 Å². The van der Waals surface area contributed by atoms with E-state index in [2.05, 4.69) is 5.32 Å². The predicted molar refractivity (Wildman–Crippen MR) is 91.7 cm³/mol. The lowest BCUT2D eigenvalue weighted by molar-refractivity contribution is -0.129. The smallest absolute Gasteiger partial charge is 0.246 e. The number of hydrogen-bond acceptors (Lipinski definition) is 4. The van der Waals surface area contributed by atoms with Crippen LogP contribution < -0.4 is 10.1 Å². The normalized spacial score (nSPS) is 10.6. The number of furan rings is 1. The quantitative estimate of drug-likeness (QED) is 0.828. The molecule has 1 N–H and O–H groups in total. The summed E-state index contributed by atoms with van der Waals surface area (Å²) in [5, 5.41) is 2.73. The summed E-state index contributed by atoms with van der Waals surface area (Å²) in [7, 11) is 3.14. The van der Waals surface area contributed by atoms with Gasteiger partial charge in [-0.05, 0) is 49.4 Å². The molecule has 0 fully saturated rings. The van der Waals surface area contributed by atoms with E-state index in [9.17, 15) is 9.59 Å². The molecule has 6 nitrogen and oxygen atoms in total. The molecule has 2 rings (SSSR count). The standard InChI is InChI=1S/C18H20N2O4/c1-13-4-7-16(24-13)10-11-18(22)20(2)12-17(21)19-14-5-8-15(23-3)9-6-14/h4-11H,12H2,1-3H3,(H,19,21)/b11-10+. The van der Waals surface area contributed by atoms with Gasteiger partial charge in [0, 0.05) is 18.8 Å². The second-order valence-electron chi connectivity index (χ2n) is 5.25. The maximum atomic E-state index is 12.0. The van der Waals surface area contributed by atoms with Crippen molar-refractivity contribution in [2.75, 3.05) is 26.0 Å². The number of aryl methyl sites for hydroxylation is 1. The molecule has 0 aliphatic heterocycles. The van der Waals surface area contributed by atoms with Crippen molar-refractivity contribution in [1.82, 2.24) is 4.90 Å². The summed E-state index contributed by atoms with van der Waals surface area (Å²) in [6.45, 7) is 1.78. The monoisotopic (exact) mass is 328 g/mol. The Bertz CT molecular complexity index is 732. The first-order valence-electron chi connectivity index (χ1n) is 7.41. The topological polar surface area (TPSA) is 71.8 Å². The molecular formula is C18H20N2O4. The van der Waals surface area contributed by atoms with Gasteiger partial charge < -0.3 is 19.4 Å². The Kier molecular flexibility index (Phi) is 5.78. The number of methoxy groups -OCH3 is 1. The van der Waals surface area contributed by atoms with E-state index in [1.54, 1.807) is 50.6 Å². The largest absolute Gasteiger partial charge is 0.497 e. The van der Waals surface area contributed by atoms with Crippen LogP contribution in [0.15, 0.2) is 46.9 Å². The number of carbonyl (C=O) groups is 2. The van der Waals surface area contributed by atoms with E-state index in [1.165, 1.54) is 11.0 Å². The van der Waals surface area contributed by atoms with Crippen molar-refractivity contribution in [3.63, 3.8) is 0 Å². The molecule has 0 unspecified atom stereocenters. The summed E-state index contributed by atoms with van der Waals surface area (Å²) in [6.07, 6.45) is 2.95. The molecule has 1 aromatic heterocycles. The zero-order valence-electron chi connectivity index (χ0n) is 13.9. The highest BCUT2D eigenvalue weighted by atomic mass is 16.5. The van der Waals surface area contributed by atoms with Gasteiger partial charge in [-0.1, -0.05) is 0 Å². The zero-order valence-corrected chi connectivity index (χ0v) is 13.9. The third-order valence-corrected chi connectivity index (χ3v) is 3.28. The average Bonchev–Trinajstić information content (AvgIpc) is 2.98. The van der Waals surface area contributed by atoms with Crippen molar-refractivity contribution in [2.24, 2.45) is 0 Å². The van der Waals surface area contributed by atoms with E-state index >= 15 is 0 Å². The fraction of sp³-hybridized carbons (Fsp3) is 0.222. The molecule has 2 amide bonds. The first kappa shape index (κ1) is 17.3. The van der Waals surface area contributed by atoms with Crippen molar-refractivity contribution >= 4 is 23.6 Å². The minimum Gasteiger partial charge on any atom is -0.497 e. The van der Waals surface area contributed by atoms with Crippen molar-refractivity contribution in [2.45, 2.75) is 6.92 Å². The molecular weight excluding hydrogens is 308 g/mol. The van der Waals surface area contributed by atoms with Crippen molar-refractivity contribution in [3.05, 3.63) is 54.0 Å². The molecule has 6 heteroatoms. The number of rotatable bonds is 6. The lowest BCUT2D eigenvalue weighted by atomic mass is 10.3. The van der Waals surface area contributed by atoms with Crippen molar-refractivity contribution in [3.8, 4) is 5.75 Å². The van der Waals surface area contributed by atoms with Gasteiger partial charge in [-0.25, -0.2) is 0 Å². The molecule has 1 heterocycles. The number of carbonyl (C=O) groups excluding carboxylic acids is 2. The van der Waals surface area contributed by atoms with Crippen LogP contribution >= 0.6 is 0 Å². The van der Waals surface area contributed by atoms with E-state index < -0.39 is 0 Å². The molecule has 0 saturated heterocycles.